The van der Waals surface area contributed by atoms with Gasteiger partial charge in [0.1, 0.15) is 5.75 Å². The summed E-state index contributed by atoms with van der Waals surface area (Å²) in [6, 6.07) is 9.05. The van der Waals surface area contributed by atoms with Crippen LogP contribution in [0.25, 0.3) is 5.57 Å². The molecule has 4 rings (SSSR count). The molecule has 1 aromatic heterocycles. The molecule has 0 bridgehead atoms. The number of piperidine rings is 1. The Morgan fingerprint density at radius 2 is 1.97 bits per heavy atom. The van der Waals surface area contributed by atoms with E-state index in [9.17, 15) is 4.79 Å². The van der Waals surface area contributed by atoms with Crippen LogP contribution in [0, 0.1) is 11.8 Å². The number of anilines is 1. The maximum atomic E-state index is 12.6. The number of allylic oxidation sites excluding steroid dienone is 2. The highest BCUT2D eigenvalue weighted by Crippen LogP contribution is 2.32. The fraction of sp³-hybridized carbons (Fsp3) is 0.607. The van der Waals surface area contributed by atoms with Crippen LogP contribution in [-0.2, 0) is 4.79 Å². The van der Waals surface area contributed by atoms with Gasteiger partial charge in [-0.25, -0.2) is 0 Å². The van der Waals surface area contributed by atoms with Crippen LogP contribution < -0.4 is 15.4 Å². The summed E-state index contributed by atoms with van der Waals surface area (Å²) in [5.41, 5.74) is 8.12. The first kappa shape index (κ1) is 26.2. The number of carbonyl (C=O) groups excluding carboxylic acids is 1. The summed E-state index contributed by atoms with van der Waals surface area (Å²) in [6.07, 6.45) is 7.82. The Balaban J connectivity index is 1.21. The largest absolute Gasteiger partial charge is 0.493 e. The van der Waals surface area contributed by atoms with Crippen molar-refractivity contribution in [2.24, 2.45) is 17.6 Å². The van der Waals surface area contributed by atoms with Crippen molar-refractivity contribution in [1.82, 2.24) is 15.0 Å². The van der Waals surface area contributed by atoms with Crippen molar-refractivity contribution >= 4 is 17.5 Å². The summed E-state index contributed by atoms with van der Waals surface area (Å²) in [4.78, 5) is 21.2. The number of aromatic nitrogens is 2. The Labute approximate surface area is 214 Å². The average molecular weight is 496 g/mol. The molecule has 2 aromatic rings. The Kier molecular flexibility index (Phi) is 9.02. The van der Waals surface area contributed by atoms with Gasteiger partial charge in [0.05, 0.1) is 6.61 Å². The summed E-state index contributed by atoms with van der Waals surface area (Å²) in [5, 5.41) is 4.08. The third kappa shape index (κ3) is 6.66. The van der Waals surface area contributed by atoms with E-state index in [1.165, 1.54) is 11.1 Å². The quantitative estimate of drug-likeness (QED) is 0.519. The Hall–Kier alpha value is -2.87. The van der Waals surface area contributed by atoms with Crippen molar-refractivity contribution in [2.45, 2.75) is 58.3 Å². The van der Waals surface area contributed by atoms with E-state index in [0.717, 1.165) is 76.3 Å². The highest BCUT2D eigenvalue weighted by atomic mass is 16.5. The highest BCUT2D eigenvalue weighted by Gasteiger charge is 2.25. The van der Waals surface area contributed by atoms with Crippen molar-refractivity contribution in [2.75, 3.05) is 44.7 Å². The lowest BCUT2D eigenvalue weighted by Crippen LogP contribution is -2.35. The summed E-state index contributed by atoms with van der Waals surface area (Å²) in [7, 11) is 1.88. The van der Waals surface area contributed by atoms with Gasteiger partial charge in [-0.05, 0) is 74.3 Å². The number of ether oxygens (including phenoxy) is 1. The number of nitrogens with two attached hydrogens (primary N) is 1. The number of hydrogen-bond donors (Lipinski definition) is 1. The molecule has 1 aliphatic carbocycles. The first-order valence-corrected chi connectivity index (χ1v) is 13.4. The average Bonchev–Trinajstić information content (AvgIpc) is 3.42. The van der Waals surface area contributed by atoms with Crippen LogP contribution in [0.15, 0.2) is 34.9 Å². The highest BCUT2D eigenvalue weighted by molar-refractivity contribution is 5.80. The lowest BCUT2D eigenvalue weighted by Gasteiger charge is -2.30. The summed E-state index contributed by atoms with van der Waals surface area (Å²) >= 11 is 0. The van der Waals surface area contributed by atoms with E-state index in [0.29, 0.717) is 18.5 Å². The molecule has 8 nitrogen and oxygen atoms in total. The Bertz CT molecular complexity index is 1010. The van der Waals surface area contributed by atoms with E-state index in [-0.39, 0.29) is 17.7 Å². The maximum Gasteiger partial charge on any atom is 0.324 e. The standard InChI is InChI=1S/C28H41N5O3/c1-20(2)26-30-28(36-31-26)33-17-13-21(14-18-33)19-35-25-11-9-23(10-12-25)22-5-7-24(8-6-22)27(34)32(3)16-4-15-29/h5,9-12,20-21,24H,4,6-8,13-19,29H2,1-3H3. The zero-order valence-corrected chi connectivity index (χ0v) is 22.0. The molecule has 36 heavy (non-hydrogen) atoms. The van der Waals surface area contributed by atoms with Gasteiger partial charge in [-0.2, -0.15) is 4.98 Å². The number of benzene rings is 1. The first-order valence-electron chi connectivity index (χ1n) is 13.4. The van der Waals surface area contributed by atoms with Gasteiger partial charge in [-0.1, -0.05) is 37.2 Å². The molecular weight excluding hydrogens is 454 g/mol. The minimum absolute atomic E-state index is 0.0858. The third-order valence-electron chi connectivity index (χ3n) is 7.38. The van der Waals surface area contributed by atoms with Gasteiger partial charge in [-0.3, -0.25) is 4.79 Å². The fourth-order valence-corrected chi connectivity index (χ4v) is 4.93. The number of nitrogens with zero attached hydrogens (tertiary/aromatic N) is 4. The Morgan fingerprint density at radius 1 is 1.22 bits per heavy atom. The van der Waals surface area contributed by atoms with Gasteiger partial charge < -0.3 is 24.8 Å². The number of carbonyl (C=O) groups is 1. The zero-order valence-electron chi connectivity index (χ0n) is 22.0. The van der Waals surface area contributed by atoms with Crippen LogP contribution in [0.2, 0.25) is 0 Å². The van der Waals surface area contributed by atoms with Gasteiger partial charge in [0.15, 0.2) is 5.82 Å². The third-order valence-corrected chi connectivity index (χ3v) is 7.38. The summed E-state index contributed by atoms with van der Waals surface area (Å²) < 4.78 is 11.6. The van der Waals surface area contributed by atoms with E-state index >= 15 is 0 Å². The van der Waals surface area contributed by atoms with Crippen molar-refractivity contribution < 1.29 is 14.1 Å². The van der Waals surface area contributed by atoms with E-state index in [4.69, 9.17) is 15.0 Å². The summed E-state index contributed by atoms with van der Waals surface area (Å²) in [6.45, 7) is 8.03. The maximum absolute atomic E-state index is 12.6. The normalized spacial score (nSPS) is 18.9. The van der Waals surface area contributed by atoms with Gasteiger partial charge in [-0.15, -0.1) is 0 Å². The lowest BCUT2D eigenvalue weighted by molar-refractivity contribution is -0.134. The molecule has 0 saturated carbocycles. The molecule has 1 unspecified atom stereocenters. The van der Waals surface area contributed by atoms with E-state index < -0.39 is 0 Å². The van der Waals surface area contributed by atoms with Crippen LogP contribution in [0.1, 0.15) is 69.7 Å². The van der Waals surface area contributed by atoms with Crippen LogP contribution in [0.4, 0.5) is 6.01 Å². The fourth-order valence-electron chi connectivity index (χ4n) is 4.93. The molecule has 1 aromatic carbocycles. The molecule has 1 saturated heterocycles. The van der Waals surface area contributed by atoms with Crippen LogP contribution in [0.3, 0.4) is 0 Å². The monoisotopic (exact) mass is 495 g/mol. The second-order valence-electron chi connectivity index (χ2n) is 10.5. The van der Waals surface area contributed by atoms with Gasteiger partial charge >= 0.3 is 6.01 Å². The molecule has 2 aliphatic rings. The predicted molar refractivity (Wildman–Crippen MR) is 142 cm³/mol. The molecule has 196 valence electrons. The summed E-state index contributed by atoms with van der Waals surface area (Å²) in [5.74, 6) is 2.79. The minimum atomic E-state index is 0.0858. The predicted octanol–water partition coefficient (Wildman–Crippen LogP) is 4.48. The van der Waals surface area contributed by atoms with Gasteiger partial charge in [0.2, 0.25) is 5.91 Å². The zero-order chi connectivity index (χ0) is 25.5. The molecule has 2 N–H and O–H groups in total. The molecule has 0 spiro atoms. The van der Waals surface area contributed by atoms with Gasteiger partial charge in [0, 0.05) is 38.5 Å². The van der Waals surface area contributed by atoms with Crippen molar-refractivity contribution in [3.05, 3.63) is 41.7 Å². The topological polar surface area (TPSA) is 97.7 Å². The van der Waals surface area contributed by atoms with Crippen molar-refractivity contribution in [3.63, 3.8) is 0 Å². The Morgan fingerprint density at radius 3 is 2.58 bits per heavy atom. The molecule has 8 heteroatoms. The molecule has 1 amide bonds. The van der Waals surface area contributed by atoms with Crippen LogP contribution in [0.5, 0.6) is 5.75 Å². The van der Waals surface area contributed by atoms with Gasteiger partial charge in [0.25, 0.3) is 0 Å². The molecular formula is C28H41N5O3. The smallest absolute Gasteiger partial charge is 0.324 e. The number of rotatable bonds is 10. The molecule has 2 heterocycles. The van der Waals surface area contributed by atoms with Crippen LogP contribution in [-0.4, -0.2) is 60.8 Å². The van der Waals surface area contributed by atoms with E-state index in [2.05, 4.69) is 59.2 Å². The molecule has 1 atom stereocenters. The molecule has 1 aliphatic heterocycles. The number of hydrogen-bond acceptors (Lipinski definition) is 7. The molecule has 0 radical (unpaired) electrons. The number of amides is 1. The minimum Gasteiger partial charge on any atom is -0.493 e. The second kappa shape index (κ2) is 12.4. The van der Waals surface area contributed by atoms with Crippen molar-refractivity contribution in [3.8, 4) is 5.75 Å². The van der Waals surface area contributed by atoms with E-state index in [1.54, 1.807) is 0 Å². The van der Waals surface area contributed by atoms with Crippen LogP contribution >= 0.6 is 0 Å². The SMILES string of the molecule is CC(C)c1noc(N2CCC(COc3ccc(C4=CCC(C(=O)N(C)CCCN)CC4)cc3)CC2)n1. The first-order chi connectivity index (χ1) is 17.4. The van der Waals surface area contributed by atoms with E-state index in [1.807, 2.05) is 11.9 Å². The lowest BCUT2D eigenvalue weighted by atomic mass is 9.86. The molecule has 1 fully saturated rings. The van der Waals surface area contributed by atoms with Crippen molar-refractivity contribution in [1.29, 1.82) is 0 Å². The second-order valence-corrected chi connectivity index (χ2v) is 10.5.